The SMILES string of the molecule is CCC[CH2][Sn]([CH2]CCC)([CH2]CCC)/[C](C)=C/C=C/C(C)=C/C(O)CCC. The molecule has 0 bridgehead atoms. The zero-order chi connectivity index (χ0) is 19.8. The molecule has 26 heavy (non-hydrogen) atoms. The molecule has 0 fully saturated rings. The fourth-order valence-electron chi connectivity index (χ4n) is 3.77. The fraction of sp³-hybridized carbons (Fsp3) is 0.750. The Morgan fingerprint density at radius 2 is 1.35 bits per heavy atom. The van der Waals surface area contributed by atoms with Crippen LogP contribution in [0.4, 0.5) is 0 Å². The molecule has 0 radical (unpaired) electrons. The molecule has 0 amide bonds. The van der Waals surface area contributed by atoms with E-state index in [1.165, 1.54) is 57.4 Å². The van der Waals surface area contributed by atoms with Gasteiger partial charge in [0.15, 0.2) is 0 Å². The average Bonchev–Trinajstić information content (AvgIpc) is 2.61. The summed E-state index contributed by atoms with van der Waals surface area (Å²) in [7, 11) is 0. The normalized spacial score (nSPS) is 15.0. The topological polar surface area (TPSA) is 20.2 Å². The van der Waals surface area contributed by atoms with Crippen molar-refractivity contribution in [3.63, 3.8) is 0 Å². The third kappa shape index (κ3) is 11.0. The van der Waals surface area contributed by atoms with Crippen LogP contribution in [0.15, 0.2) is 33.5 Å². The van der Waals surface area contributed by atoms with E-state index in [-0.39, 0.29) is 6.10 Å². The Kier molecular flexibility index (Phi) is 16.0. The van der Waals surface area contributed by atoms with Gasteiger partial charge in [0, 0.05) is 0 Å². The summed E-state index contributed by atoms with van der Waals surface area (Å²) in [4.78, 5) is 0. The van der Waals surface area contributed by atoms with E-state index in [9.17, 15) is 5.11 Å². The van der Waals surface area contributed by atoms with Crippen LogP contribution in [0.2, 0.25) is 13.3 Å². The molecule has 0 aliphatic rings. The molecule has 0 aromatic rings. The number of aliphatic hydroxyl groups is 1. The molecule has 0 heterocycles. The summed E-state index contributed by atoms with van der Waals surface area (Å²) in [6.07, 6.45) is 18.7. The van der Waals surface area contributed by atoms with Crippen LogP contribution < -0.4 is 0 Å². The first kappa shape index (κ1) is 26.0. The molecule has 0 rings (SSSR count). The first-order chi connectivity index (χ1) is 12.5. The summed E-state index contributed by atoms with van der Waals surface area (Å²) in [5.41, 5.74) is 1.17. The molecule has 0 aromatic carbocycles. The van der Waals surface area contributed by atoms with Gasteiger partial charge in [0.1, 0.15) is 0 Å². The Bertz CT molecular complexity index is 412. The maximum atomic E-state index is 9.93. The van der Waals surface area contributed by atoms with Crippen LogP contribution in [0, 0.1) is 0 Å². The van der Waals surface area contributed by atoms with E-state index in [0.717, 1.165) is 12.8 Å². The van der Waals surface area contributed by atoms with E-state index in [0.29, 0.717) is 0 Å². The maximum absolute atomic E-state index is 9.93. The van der Waals surface area contributed by atoms with Crippen molar-refractivity contribution < 1.29 is 5.11 Å². The summed E-state index contributed by atoms with van der Waals surface area (Å²) in [6, 6.07) is 0. The standard InChI is InChI=1S/C12H19O.3C4H9.Sn/c1-4-6-7-9-11(3)10-12(13)8-5-2;3*1-3-4-2;/h6-7,9-10,12-13H,5,8H2,1-3H3;3*1,3-4H2,2H3;/b6-4?,9-7+,11-10+;;;;. The minimum absolute atomic E-state index is 0.299. The Hall–Kier alpha value is -0.0213. The van der Waals surface area contributed by atoms with E-state index in [4.69, 9.17) is 0 Å². The second kappa shape index (κ2) is 16.0. The number of allylic oxidation sites excluding steroid dienone is 5. The molecule has 152 valence electrons. The third-order valence-electron chi connectivity index (χ3n) is 5.61. The van der Waals surface area contributed by atoms with Gasteiger partial charge >= 0.3 is 169 Å². The molecule has 1 N–H and O–H groups in total. The Labute approximate surface area is 168 Å². The summed E-state index contributed by atoms with van der Waals surface area (Å²) in [6.45, 7) is 13.7. The second-order valence-corrected chi connectivity index (χ2v) is 21.9. The predicted octanol–water partition coefficient (Wildman–Crippen LogP) is 7.98. The van der Waals surface area contributed by atoms with Gasteiger partial charge in [-0.05, 0) is 0 Å². The number of unbranched alkanes of at least 4 members (excludes halogenated alkanes) is 3. The molecule has 1 unspecified atom stereocenters. The molecular weight excluding hydrogens is 423 g/mol. The van der Waals surface area contributed by atoms with Gasteiger partial charge in [-0.1, -0.05) is 0 Å². The first-order valence-corrected chi connectivity index (χ1v) is 18.7. The van der Waals surface area contributed by atoms with Crippen molar-refractivity contribution in [1.82, 2.24) is 0 Å². The quantitative estimate of drug-likeness (QED) is 0.190. The van der Waals surface area contributed by atoms with Crippen molar-refractivity contribution in [3.8, 4) is 0 Å². The number of rotatable bonds is 15. The van der Waals surface area contributed by atoms with Gasteiger partial charge in [-0.15, -0.1) is 0 Å². The van der Waals surface area contributed by atoms with E-state index in [2.05, 4.69) is 59.8 Å². The number of hydrogen-bond donors (Lipinski definition) is 1. The zero-order valence-corrected chi connectivity index (χ0v) is 21.5. The van der Waals surface area contributed by atoms with Crippen molar-refractivity contribution in [1.29, 1.82) is 0 Å². The van der Waals surface area contributed by atoms with Crippen LogP contribution in [-0.4, -0.2) is 29.6 Å². The minimum atomic E-state index is -2.22. The molecule has 0 aliphatic carbocycles. The van der Waals surface area contributed by atoms with E-state index >= 15 is 0 Å². The van der Waals surface area contributed by atoms with Gasteiger partial charge in [0.25, 0.3) is 0 Å². The Balaban J connectivity index is 5.29. The van der Waals surface area contributed by atoms with Crippen LogP contribution in [0.5, 0.6) is 0 Å². The molecule has 0 saturated heterocycles. The second-order valence-electron chi connectivity index (χ2n) is 8.07. The van der Waals surface area contributed by atoms with Gasteiger partial charge in [-0.3, -0.25) is 0 Å². The van der Waals surface area contributed by atoms with Crippen LogP contribution in [0.25, 0.3) is 0 Å². The molecule has 0 aliphatic heterocycles. The molecule has 1 nitrogen and oxygen atoms in total. The van der Waals surface area contributed by atoms with Crippen LogP contribution in [0.3, 0.4) is 0 Å². The van der Waals surface area contributed by atoms with E-state index in [1.807, 2.05) is 6.08 Å². The van der Waals surface area contributed by atoms with Crippen molar-refractivity contribution in [2.45, 2.75) is 112 Å². The van der Waals surface area contributed by atoms with Crippen LogP contribution >= 0.6 is 0 Å². The van der Waals surface area contributed by atoms with Crippen LogP contribution in [-0.2, 0) is 0 Å². The first-order valence-electron chi connectivity index (χ1n) is 11.2. The van der Waals surface area contributed by atoms with Gasteiger partial charge in [0.05, 0.1) is 0 Å². The monoisotopic (exact) mass is 470 g/mol. The molecule has 0 spiro atoms. The average molecular weight is 469 g/mol. The molecule has 0 aromatic heterocycles. The molecule has 2 heteroatoms. The van der Waals surface area contributed by atoms with Crippen molar-refractivity contribution >= 4 is 18.4 Å². The molecule has 1 atom stereocenters. The fourth-order valence-corrected chi connectivity index (χ4v) is 19.4. The molecular formula is C24H46OSn. The summed E-state index contributed by atoms with van der Waals surface area (Å²) in [5.74, 6) is 0. The van der Waals surface area contributed by atoms with Gasteiger partial charge in [-0.2, -0.15) is 0 Å². The zero-order valence-electron chi connectivity index (χ0n) is 18.6. The van der Waals surface area contributed by atoms with Crippen LogP contribution in [0.1, 0.15) is 92.9 Å². The summed E-state index contributed by atoms with van der Waals surface area (Å²) < 4.78 is 6.36. The van der Waals surface area contributed by atoms with Gasteiger partial charge < -0.3 is 0 Å². The van der Waals surface area contributed by atoms with Crippen molar-refractivity contribution in [2.75, 3.05) is 0 Å². The number of hydrogen-bond acceptors (Lipinski definition) is 1. The Morgan fingerprint density at radius 1 is 0.846 bits per heavy atom. The predicted molar refractivity (Wildman–Crippen MR) is 122 cm³/mol. The van der Waals surface area contributed by atoms with Gasteiger partial charge in [-0.25, -0.2) is 0 Å². The van der Waals surface area contributed by atoms with Crippen molar-refractivity contribution in [2.24, 2.45) is 0 Å². The van der Waals surface area contributed by atoms with Crippen molar-refractivity contribution in [3.05, 3.63) is 33.5 Å². The van der Waals surface area contributed by atoms with Gasteiger partial charge in [0.2, 0.25) is 0 Å². The number of aliphatic hydroxyl groups excluding tert-OH is 1. The molecule has 0 saturated carbocycles. The Morgan fingerprint density at radius 3 is 1.77 bits per heavy atom. The van der Waals surface area contributed by atoms with E-state index in [1.54, 1.807) is 3.59 Å². The third-order valence-corrected chi connectivity index (χ3v) is 22.1. The van der Waals surface area contributed by atoms with E-state index < -0.39 is 18.4 Å². The summed E-state index contributed by atoms with van der Waals surface area (Å²) >= 11 is -2.22. The summed E-state index contributed by atoms with van der Waals surface area (Å²) in [5, 5.41) is 9.93.